The Morgan fingerprint density at radius 2 is 1.96 bits per heavy atom. The maximum atomic E-state index is 13.2. The normalized spacial score (nSPS) is 10.9. The van der Waals surface area contributed by atoms with Gasteiger partial charge in [0, 0.05) is 16.0 Å². The third-order valence-electron chi connectivity index (χ3n) is 3.89. The summed E-state index contributed by atoms with van der Waals surface area (Å²) < 4.78 is 13.2. The summed E-state index contributed by atoms with van der Waals surface area (Å²) in [5, 5.41) is 4.35. The molecular formula is C20H13ClFN3OS2. The van der Waals surface area contributed by atoms with Gasteiger partial charge in [-0.2, -0.15) is 0 Å². The van der Waals surface area contributed by atoms with Crippen LogP contribution in [0.3, 0.4) is 0 Å². The molecule has 0 aliphatic carbocycles. The minimum absolute atomic E-state index is 0.0327. The Morgan fingerprint density at radius 1 is 1.14 bits per heavy atom. The van der Waals surface area contributed by atoms with Crippen LogP contribution in [0.25, 0.3) is 20.7 Å². The van der Waals surface area contributed by atoms with Crippen molar-refractivity contribution < 1.29 is 9.18 Å². The van der Waals surface area contributed by atoms with Crippen LogP contribution in [-0.4, -0.2) is 21.6 Å². The number of thioether (sulfide) groups is 1. The number of carbonyl (C=O) groups is 1. The van der Waals surface area contributed by atoms with Crippen LogP contribution in [0.4, 0.5) is 10.1 Å². The highest BCUT2D eigenvalue weighted by Crippen LogP contribution is 2.36. The summed E-state index contributed by atoms with van der Waals surface area (Å²) in [5.74, 6) is -0.584. The van der Waals surface area contributed by atoms with Gasteiger partial charge in [0.1, 0.15) is 22.0 Å². The van der Waals surface area contributed by atoms with E-state index in [2.05, 4.69) is 21.4 Å². The van der Waals surface area contributed by atoms with E-state index in [1.54, 1.807) is 11.3 Å². The smallest absolute Gasteiger partial charge is 0.234 e. The zero-order valence-electron chi connectivity index (χ0n) is 14.4. The molecule has 0 saturated carbocycles. The lowest BCUT2D eigenvalue weighted by atomic mass is 10.2. The second-order valence-electron chi connectivity index (χ2n) is 5.84. The number of amides is 1. The van der Waals surface area contributed by atoms with Gasteiger partial charge in [0.05, 0.1) is 10.8 Å². The number of aromatic nitrogens is 2. The second kappa shape index (κ2) is 8.26. The highest BCUT2D eigenvalue weighted by molar-refractivity contribution is 8.00. The predicted molar refractivity (Wildman–Crippen MR) is 114 cm³/mol. The number of benzene rings is 2. The molecular weight excluding hydrogens is 417 g/mol. The Kier molecular flexibility index (Phi) is 5.57. The molecule has 140 valence electrons. The van der Waals surface area contributed by atoms with E-state index in [0.717, 1.165) is 25.7 Å². The molecule has 0 atom stereocenters. The molecule has 0 fully saturated rings. The van der Waals surface area contributed by atoms with E-state index >= 15 is 0 Å². The average molecular weight is 430 g/mol. The molecule has 1 amide bonds. The molecule has 0 aliphatic rings. The van der Waals surface area contributed by atoms with E-state index in [9.17, 15) is 9.18 Å². The maximum Gasteiger partial charge on any atom is 0.234 e. The zero-order chi connectivity index (χ0) is 19.5. The van der Waals surface area contributed by atoms with Gasteiger partial charge in [-0.25, -0.2) is 14.4 Å². The number of fused-ring (bicyclic) bond motifs is 1. The fourth-order valence-electron chi connectivity index (χ4n) is 2.60. The average Bonchev–Trinajstić information content (AvgIpc) is 3.15. The van der Waals surface area contributed by atoms with Crippen molar-refractivity contribution >= 4 is 56.5 Å². The summed E-state index contributed by atoms with van der Waals surface area (Å²) in [6, 6.07) is 16.2. The summed E-state index contributed by atoms with van der Waals surface area (Å²) in [6.45, 7) is 0. The molecule has 4 rings (SSSR count). The van der Waals surface area contributed by atoms with Gasteiger partial charge < -0.3 is 5.32 Å². The first-order valence-corrected chi connectivity index (χ1v) is 10.5. The van der Waals surface area contributed by atoms with Crippen molar-refractivity contribution in [2.45, 2.75) is 5.03 Å². The first kappa shape index (κ1) is 18.9. The van der Waals surface area contributed by atoms with Gasteiger partial charge in [0.25, 0.3) is 0 Å². The predicted octanol–water partition coefficient (Wildman–Crippen LogP) is 5.88. The number of halogens is 2. The van der Waals surface area contributed by atoms with Crippen molar-refractivity contribution in [1.29, 1.82) is 0 Å². The fourth-order valence-corrected chi connectivity index (χ4v) is 4.62. The lowest BCUT2D eigenvalue weighted by molar-refractivity contribution is -0.113. The van der Waals surface area contributed by atoms with Crippen molar-refractivity contribution in [3.63, 3.8) is 0 Å². The Balaban J connectivity index is 1.49. The van der Waals surface area contributed by atoms with Crippen molar-refractivity contribution in [2.75, 3.05) is 11.1 Å². The molecule has 4 nitrogen and oxygen atoms in total. The number of nitrogens with zero attached hydrogens (tertiary/aromatic N) is 2. The minimum atomic E-state index is -0.524. The van der Waals surface area contributed by atoms with Gasteiger partial charge in [-0.05, 0) is 29.8 Å². The first-order chi connectivity index (χ1) is 13.6. The third kappa shape index (κ3) is 4.16. The number of hydrogen-bond acceptors (Lipinski definition) is 5. The molecule has 0 radical (unpaired) electrons. The molecule has 2 aromatic carbocycles. The fraction of sp³-hybridized carbons (Fsp3) is 0.0500. The Morgan fingerprint density at radius 3 is 2.75 bits per heavy atom. The van der Waals surface area contributed by atoms with E-state index < -0.39 is 5.82 Å². The van der Waals surface area contributed by atoms with Gasteiger partial charge >= 0.3 is 0 Å². The highest BCUT2D eigenvalue weighted by atomic mass is 35.5. The topological polar surface area (TPSA) is 54.9 Å². The first-order valence-electron chi connectivity index (χ1n) is 8.28. The molecule has 8 heteroatoms. The van der Waals surface area contributed by atoms with E-state index in [4.69, 9.17) is 11.6 Å². The maximum absolute atomic E-state index is 13.2. The minimum Gasteiger partial charge on any atom is -0.325 e. The summed E-state index contributed by atoms with van der Waals surface area (Å²) in [5.41, 5.74) is 1.57. The van der Waals surface area contributed by atoms with Crippen molar-refractivity contribution in [3.05, 3.63) is 71.8 Å². The Hall–Kier alpha value is -2.48. The monoisotopic (exact) mass is 429 g/mol. The summed E-state index contributed by atoms with van der Waals surface area (Å²) in [7, 11) is 0. The molecule has 2 aromatic heterocycles. The van der Waals surface area contributed by atoms with E-state index in [1.165, 1.54) is 36.3 Å². The van der Waals surface area contributed by atoms with Crippen molar-refractivity contribution in [3.8, 4) is 10.4 Å². The Bertz CT molecular complexity index is 1150. The molecule has 0 unspecified atom stereocenters. The molecule has 0 spiro atoms. The van der Waals surface area contributed by atoms with Crippen LogP contribution in [0, 0.1) is 5.82 Å². The van der Waals surface area contributed by atoms with Crippen LogP contribution < -0.4 is 5.32 Å². The second-order valence-corrected chi connectivity index (χ2v) is 8.24. The SMILES string of the molecule is O=C(CSc1ncnc2sc(-c3ccccc3)cc12)Nc1ccc(F)c(Cl)c1. The lowest BCUT2D eigenvalue weighted by Crippen LogP contribution is -2.14. The standard InChI is InChI=1S/C20H13ClFN3OS2/c21-15-8-13(6-7-16(15)22)25-18(26)10-27-19-14-9-17(12-4-2-1-3-5-12)28-20(14)24-11-23-19/h1-9,11H,10H2,(H,25,26). The van der Waals surface area contributed by atoms with E-state index in [-0.39, 0.29) is 16.7 Å². The van der Waals surface area contributed by atoms with Crippen LogP contribution in [0.5, 0.6) is 0 Å². The van der Waals surface area contributed by atoms with E-state index in [1.807, 2.05) is 30.3 Å². The molecule has 0 aliphatic heterocycles. The van der Waals surface area contributed by atoms with Crippen LogP contribution in [0.1, 0.15) is 0 Å². The van der Waals surface area contributed by atoms with Gasteiger partial charge in [-0.15, -0.1) is 11.3 Å². The quantitative estimate of drug-likeness (QED) is 0.318. The van der Waals surface area contributed by atoms with Gasteiger partial charge in [-0.1, -0.05) is 53.7 Å². The van der Waals surface area contributed by atoms with Crippen LogP contribution in [-0.2, 0) is 4.79 Å². The zero-order valence-corrected chi connectivity index (χ0v) is 16.7. The van der Waals surface area contributed by atoms with Crippen molar-refractivity contribution in [1.82, 2.24) is 9.97 Å². The molecule has 28 heavy (non-hydrogen) atoms. The van der Waals surface area contributed by atoms with Gasteiger partial charge in [0.15, 0.2) is 0 Å². The Labute approximate surface area is 173 Å². The molecule has 4 aromatic rings. The summed E-state index contributed by atoms with van der Waals surface area (Å²) in [4.78, 5) is 22.9. The van der Waals surface area contributed by atoms with Crippen molar-refractivity contribution in [2.24, 2.45) is 0 Å². The summed E-state index contributed by atoms with van der Waals surface area (Å²) in [6.07, 6.45) is 1.51. The molecule has 1 N–H and O–H groups in total. The number of hydrogen-bond donors (Lipinski definition) is 1. The van der Waals surface area contributed by atoms with Crippen LogP contribution in [0.15, 0.2) is 66.0 Å². The number of carbonyl (C=O) groups excluding carboxylic acids is 1. The number of nitrogens with one attached hydrogen (secondary N) is 1. The van der Waals surface area contributed by atoms with Gasteiger partial charge in [0.2, 0.25) is 5.91 Å². The lowest BCUT2D eigenvalue weighted by Gasteiger charge is -2.06. The van der Waals surface area contributed by atoms with Crippen LogP contribution >= 0.6 is 34.7 Å². The number of thiophene rings is 1. The molecule has 0 bridgehead atoms. The van der Waals surface area contributed by atoms with E-state index in [0.29, 0.717) is 5.69 Å². The van der Waals surface area contributed by atoms with Crippen LogP contribution in [0.2, 0.25) is 5.02 Å². The number of rotatable bonds is 5. The number of anilines is 1. The highest BCUT2D eigenvalue weighted by Gasteiger charge is 2.12. The molecule has 2 heterocycles. The molecule has 0 saturated heterocycles. The third-order valence-corrected chi connectivity index (χ3v) is 6.28. The largest absolute Gasteiger partial charge is 0.325 e. The van der Waals surface area contributed by atoms with Gasteiger partial charge in [-0.3, -0.25) is 4.79 Å². The summed E-state index contributed by atoms with van der Waals surface area (Å²) >= 11 is 8.66.